The summed E-state index contributed by atoms with van der Waals surface area (Å²) in [6.07, 6.45) is 2.14. The fourth-order valence-electron chi connectivity index (χ4n) is 2.47. The molecule has 0 atom stereocenters. The summed E-state index contributed by atoms with van der Waals surface area (Å²) in [5.41, 5.74) is 3.48. The number of amides is 1. The van der Waals surface area contributed by atoms with E-state index in [0.717, 1.165) is 26.9 Å². The summed E-state index contributed by atoms with van der Waals surface area (Å²) in [4.78, 5) is 16.5. The van der Waals surface area contributed by atoms with Crippen LogP contribution in [0.3, 0.4) is 0 Å². The first-order valence-electron chi connectivity index (χ1n) is 6.95. The molecule has 0 unspecified atom stereocenters. The predicted octanol–water partition coefficient (Wildman–Crippen LogP) is 3.90. The van der Waals surface area contributed by atoms with E-state index < -0.39 is 0 Å². The summed E-state index contributed by atoms with van der Waals surface area (Å²) < 4.78 is 0. The van der Waals surface area contributed by atoms with E-state index in [9.17, 15) is 10.1 Å². The van der Waals surface area contributed by atoms with Crippen molar-refractivity contribution in [1.29, 1.82) is 5.26 Å². The molecule has 1 aromatic carbocycles. The SMILES string of the molecule is Cc1sc(NC(=O)Cc2c[nH]c3ccccc23)c(C#N)c1C. The Morgan fingerprint density at radius 2 is 2.14 bits per heavy atom. The van der Waals surface area contributed by atoms with Gasteiger partial charge in [-0.3, -0.25) is 4.79 Å². The van der Waals surface area contributed by atoms with Crippen molar-refractivity contribution in [2.45, 2.75) is 20.3 Å². The Labute approximate surface area is 132 Å². The molecular formula is C17H15N3OS. The zero-order valence-electron chi connectivity index (χ0n) is 12.4. The quantitative estimate of drug-likeness (QED) is 0.770. The van der Waals surface area contributed by atoms with E-state index in [0.29, 0.717) is 10.6 Å². The molecule has 0 saturated carbocycles. The van der Waals surface area contributed by atoms with E-state index in [4.69, 9.17) is 0 Å². The number of aryl methyl sites for hydroxylation is 1. The lowest BCUT2D eigenvalue weighted by Crippen LogP contribution is -2.14. The van der Waals surface area contributed by atoms with Crippen molar-refractivity contribution >= 4 is 33.1 Å². The van der Waals surface area contributed by atoms with E-state index in [-0.39, 0.29) is 12.3 Å². The van der Waals surface area contributed by atoms with Crippen LogP contribution in [0.2, 0.25) is 0 Å². The number of aromatic nitrogens is 1. The van der Waals surface area contributed by atoms with E-state index >= 15 is 0 Å². The van der Waals surface area contributed by atoms with Crippen molar-refractivity contribution in [3.63, 3.8) is 0 Å². The Hall–Kier alpha value is -2.58. The third kappa shape index (κ3) is 2.49. The molecule has 2 aromatic heterocycles. The van der Waals surface area contributed by atoms with Gasteiger partial charge in [0.2, 0.25) is 5.91 Å². The maximum Gasteiger partial charge on any atom is 0.229 e. The summed E-state index contributed by atoms with van der Waals surface area (Å²) in [6, 6.07) is 10.1. The van der Waals surface area contributed by atoms with Gasteiger partial charge < -0.3 is 10.3 Å². The number of fused-ring (bicyclic) bond motifs is 1. The Kier molecular flexibility index (Phi) is 3.70. The highest BCUT2D eigenvalue weighted by Gasteiger charge is 2.15. The topological polar surface area (TPSA) is 68.7 Å². The minimum atomic E-state index is -0.109. The summed E-state index contributed by atoms with van der Waals surface area (Å²) >= 11 is 1.45. The third-order valence-corrected chi connectivity index (χ3v) is 4.90. The van der Waals surface area contributed by atoms with Crippen LogP contribution in [0.5, 0.6) is 0 Å². The van der Waals surface area contributed by atoms with E-state index in [1.54, 1.807) is 0 Å². The van der Waals surface area contributed by atoms with Crippen molar-refractivity contribution in [3.8, 4) is 6.07 Å². The van der Waals surface area contributed by atoms with Crippen molar-refractivity contribution in [2.75, 3.05) is 5.32 Å². The van der Waals surface area contributed by atoms with Crippen molar-refractivity contribution in [3.05, 3.63) is 52.0 Å². The highest BCUT2D eigenvalue weighted by molar-refractivity contribution is 7.16. The average Bonchev–Trinajstić information content (AvgIpc) is 3.02. The van der Waals surface area contributed by atoms with Crippen LogP contribution in [0, 0.1) is 25.2 Å². The third-order valence-electron chi connectivity index (χ3n) is 3.78. The van der Waals surface area contributed by atoms with Crippen LogP contribution in [-0.2, 0) is 11.2 Å². The lowest BCUT2D eigenvalue weighted by molar-refractivity contribution is -0.115. The number of rotatable bonds is 3. The number of thiophene rings is 1. The minimum Gasteiger partial charge on any atom is -0.361 e. The zero-order valence-corrected chi connectivity index (χ0v) is 13.2. The Morgan fingerprint density at radius 3 is 2.91 bits per heavy atom. The molecule has 0 aliphatic heterocycles. The highest BCUT2D eigenvalue weighted by Crippen LogP contribution is 2.31. The molecule has 22 heavy (non-hydrogen) atoms. The fraction of sp³-hybridized carbons (Fsp3) is 0.176. The minimum absolute atomic E-state index is 0.109. The summed E-state index contributed by atoms with van der Waals surface area (Å²) in [7, 11) is 0. The Balaban J connectivity index is 1.81. The molecule has 1 amide bonds. The smallest absolute Gasteiger partial charge is 0.229 e. The zero-order chi connectivity index (χ0) is 15.7. The number of aromatic amines is 1. The molecule has 2 heterocycles. The second-order valence-corrected chi connectivity index (χ2v) is 6.41. The van der Waals surface area contributed by atoms with E-state index in [2.05, 4.69) is 16.4 Å². The van der Waals surface area contributed by atoms with Crippen LogP contribution in [0.15, 0.2) is 30.5 Å². The van der Waals surface area contributed by atoms with Crippen molar-refractivity contribution in [1.82, 2.24) is 4.98 Å². The molecule has 4 nitrogen and oxygen atoms in total. The molecule has 0 aliphatic rings. The number of carbonyl (C=O) groups excluding carboxylic acids is 1. The second-order valence-electron chi connectivity index (χ2n) is 5.18. The number of carbonyl (C=O) groups is 1. The van der Waals surface area contributed by atoms with Gasteiger partial charge in [0.25, 0.3) is 0 Å². The van der Waals surface area contributed by atoms with Gasteiger partial charge in [-0.25, -0.2) is 0 Å². The molecule has 0 aliphatic carbocycles. The molecule has 0 fully saturated rings. The number of H-pyrrole nitrogens is 1. The van der Waals surface area contributed by atoms with E-state index in [1.807, 2.05) is 44.3 Å². The second kappa shape index (κ2) is 5.66. The van der Waals surface area contributed by atoms with Gasteiger partial charge in [-0.15, -0.1) is 11.3 Å². The van der Waals surface area contributed by atoms with Gasteiger partial charge >= 0.3 is 0 Å². The first-order valence-corrected chi connectivity index (χ1v) is 7.76. The number of anilines is 1. The van der Waals surface area contributed by atoms with Crippen LogP contribution in [0.25, 0.3) is 10.9 Å². The largest absolute Gasteiger partial charge is 0.361 e. The monoisotopic (exact) mass is 309 g/mol. The molecule has 0 bridgehead atoms. The molecule has 3 rings (SSSR count). The molecule has 3 aromatic rings. The lowest BCUT2D eigenvalue weighted by atomic mass is 10.1. The standard InChI is InChI=1S/C17H15N3OS/c1-10-11(2)22-17(14(10)8-18)20-16(21)7-12-9-19-15-6-4-3-5-13(12)15/h3-6,9,19H,7H2,1-2H3,(H,20,21). The van der Waals surface area contributed by atoms with Gasteiger partial charge in [-0.1, -0.05) is 18.2 Å². The van der Waals surface area contributed by atoms with Gasteiger partial charge in [0.15, 0.2) is 0 Å². The predicted molar refractivity (Wildman–Crippen MR) is 89.1 cm³/mol. The number of benzene rings is 1. The molecule has 110 valence electrons. The Morgan fingerprint density at radius 1 is 1.36 bits per heavy atom. The van der Waals surface area contributed by atoms with Crippen LogP contribution < -0.4 is 5.32 Å². The fourth-order valence-corrected chi connectivity index (χ4v) is 3.50. The van der Waals surface area contributed by atoms with Crippen LogP contribution >= 0.6 is 11.3 Å². The number of nitrogens with one attached hydrogen (secondary N) is 2. The number of hydrogen-bond acceptors (Lipinski definition) is 3. The maximum absolute atomic E-state index is 12.3. The normalized spacial score (nSPS) is 10.6. The number of nitrogens with zero attached hydrogens (tertiary/aromatic N) is 1. The van der Waals surface area contributed by atoms with Crippen LogP contribution in [0.4, 0.5) is 5.00 Å². The number of nitriles is 1. The van der Waals surface area contributed by atoms with Crippen molar-refractivity contribution < 1.29 is 4.79 Å². The molecule has 0 spiro atoms. The number of hydrogen-bond donors (Lipinski definition) is 2. The Bertz CT molecular complexity index is 898. The average molecular weight is 309 g/mol. The molecule has 2 N–H and O–H groups in total. The summed E-state index contributed by atoms with van der Waals surface area (Å²) in [6.45, 7) is 3.86. The lowest BCUT2D eigenvalue weighted by Gasteiger charge is -2.03. The highest BCUT2D eigenvalue weighted by atomic mass is 32.1. The van der Waals surface area contributed by atoms with Gasteiger partial charge in [-0.2, -0.15) is 5.26 Å². The maximum atomic E-state index is 12.3. The molecule has 0 saturated heterocycles. The van der Waals surface area contributed by atoms with E-state index in [1.165, 1.54) is 11.3 Å². The first-order chi connectivity index (χ1) is 10.6. The van der Waals surface area contributed by atoms with Gasteiger partial charge in [-0.05, 0) is 31.0 Å². The van der Waals surface area contributed by atoms with Crippen LogP contribution in [0.1, 0.15) is 21.6 Å². The van der Waals surface area contributed by atoms with Crippen LogP contribution in [-0.4, -0.2) is 10.9 Å². The van der Waals surface area contributed by atoms with Gasteiger partial charge in [0.05, 0.1) is 12.0 Å². The summed E-state index contributed by atoms with van der Waals surface area (Å²) in [5.74, 6) is -0.109. The van der Waals surface area contributed by atoms with Gasteiger partial charge in [0.1, 0.15) is 11.1 Å². The molecule has 5 heteroatoms. The van der Waals surface area contributed by atoms with Gasteiger partial charge in [0, 0.05) is 22.0 Å². The molecule has 0 radical (unpaired) electrons. The van der Waals surface area contributed by atoms with Crippen molar-refractivity contribution in [2.24, 2.45) is 0 Å². The molecular weight excluding hydrogens is 294 g/mol. The first kappa shape index (κ1) is 14.4. The number of para-hydroxylation sites is 1. The summed E-state index contributed by atoms with van der Waals surface area (Å²) in [5, 5.41) is 13.8.